The molecule has 0 radical (unpaired) electrons. The quantitative estimate of drug-likeness (QED) is 0.775. The van der Waals surface area contributed by atoms with Crippen LogP contribution in [-0.4, -0.2) is 23.1 Å². The van der Waals surface area contributed by atoms with Crippen LogP contribution in [-0.2, 0) is 0 Å². The Balaban J connectivity index is 2.20. The molecule has 0 fully saturated rings. The van der Waals surface area contributed by atoms with Crippen LogP contribution in [0.4, 0.5) is 17.5 Å². The molecule has 4 heteroatoms. The zero-order valence-electron chi connectivity index (χ0n) is 13.1. The van der Waals surface area contributed by atoms with Gasteiger partial charge in [-0.3, -0.25) is 0 Å². The molecule has 1 heterocycles. The number of unbranched alkanes of at least 4 members (excludes halogenated alkanes) is 1. The summed E-state index contributed by atoms with van der Waals surface area (Å²) < 4.78 is 0. The van der Waals surface area contributed by atoms with Gasteiger partial charge in [-0.2, -0.15) is 4.98 Å². The minimum Gasteiger partial charge on any atom is -0.354 e. The first-order valence-electron chi connectivity index (χ1n) is 7.65. The molecule has 0 saturated carbocycles. The van der Waals surface area contributed by atoms with E-state index in [1.807, 2.05) is 12.3 Å². The van der Waals surface area contributed by atoms with Gasteiger partial charge in [-0.15, -0.1) is 0 Å². The lowest BCUT2D eigenvalue weighted by Crippen LogP contribution is -2.18. The molecule has 1 aromatic carbocycles. The standard InChI is InChI=1S/C17H24N4/c1-4-6-11-18-17-19-12-10-16(20-17)21(5-2)15-9-7-8-14(3)13-15/h7-10,12-13H,4-6,11H2,1-3H3,(H,18,19,20). The van der Waals surface area contributed by atoms with Crippen molar-refractivity contribution in [1.29, 1.82) is 0 Å². The second-order valence-corrected chi connectivity index (χ2v) is 5.10. The van der Waals surface area contributed by atoms with E-state index in [2.05, 4.69) is 65.2 Å². The van der Waals surface area contributed by atoms with E-state index >= 15 is 0 Å². The Morgan fingerprint density at radius 2 is 2.05 bits per heavy atom. The third-order valence-corrected chi connectivity index (χ3v) is 3.36. The van der Waals surface area contributed by atoms with E-state index in [4.69, 9.17) is 0 Å². The van der Waals surface area contributed by atoms with Crippen molar-refractivity contribution < 1.29 is 0 Å². The van der Waals surface area contributed by atoms with E-state index in [9.17, 15) is 0 Å². The van der Waals surface area contributed by atoms with E-state index < -0.39 is 0 Å². The second kappa shape index (κ2) is 7.62. The first kappa shape index (κ1) is 15.3. The van der Waals surface area contributed by atoms with E-state index in [-0.39, 0.29) is 0 Å². The second-order valence-electron chi connectivity index (χ2n) is 5.10. The maximum Gasteiger partial charge on any atom is 0.224 e. The minimum atomic E-state index is 0.701. The van der Waals surface area contributed by atoms with Crippen molar-refractivity contribution >= 4 is 17.5 Å². The molecule has 0 aliphatic heterocycles. The number of anilines is 3. The molecule has 0 spiro atoms. The SMILES string of the molecule is CCCCNc1nccc(N(CC)c2cccc(C)c2)n1. The monoisotopic (exact) mass is 284 g/mol. The molecule has 0 amide bonds. The van der Waals surface area contributed by atoms with Gasteiger partial charge in [-0.05, 0) is 44.0 Å². The maximum absolute atomic E-state index is 4.63. The van der Waals surface area contributed by atoms with Crippen LogP contribution in [0.3, 0.4) is 0 Å². The van der Waals surface area contributed by atoms with Crippen molar-refractivity contribution in [3.05, 3.63) is 42.1 Å². The lowest BCUT2D eigenvalue weighted by molar-refractivity contribution is 0.825. The number of hydrogen-bond acceptors (Lipinski definition) is 4. The average molecular weight is 284 g/mol. The average Bonchev–Trinajstić information content (AvgIpc) is 2.49. The van der Waals surface area contributed by atoms with Crippen LogP contribution in [0.25, 0.3) is 0 Å². The van der Waals surface area contributed by atoms with Gasteiger partial charge in [0.05, 0.1) is 0 Å². The van der Waals surface area contributed by atoms with Gasteiger partial charge in [0, 0.05) is 25.0 Å². The molecule has 0 aliphatic carbocycles. The number of aryl methyl sites for hydroxylation is 1. The Morgan fingerprint density at radius 3 is 2.76 bits per heavy atom. The van der Waals surface area contributed by atoms with Crippen LogP contribution in [0.15, 0.2) is 36.5 Å². The summed E-state index contributed by atoms with van der Waals surface area (Å²) in [5.74, 6) is 1.63. The lowest BCUT2D eigenvalue weighted by Gasteiger charge is -2.22. The van der Waals surface area contributed by atoms with E-state index in [0.29, 0.717) is 5.95 Å². The summed E-state index contributed by atoms with van der Waals surface area (Å²) in [4.78, 5) is 11.1. The highest BCUT2D eigenvalue weighted by Gasteiger charge is 2.09. The molecule has 2 aromatic rings. The highest BCUT2D eigenvalue weighted by Crippen LogP contribution is 2.24. The highest BCUT2D eigenvalue weighted by atomic mass is 15.2. The molecule has 1 N–H and O–H groups in total. The summed E-state index contributed by atoms with van der Waals surface area (Å²) in [5.41, 5.74) is 2.41. The number of nitrogens with zero attached hydrogens (tertiary/aromatic N) is 3. The lowest BCUT2D eigenvalue weighted by atomic mass is 10.2. The largest absolute Gasteiger partial charge is 0.354 e. The van der Waals surface area contributed by atoms with Gasteiger partial charge in [-0.1, -0.05) is 25.5 Å². The van der Waals surface area contributed by atoms with Crippen molar-refractivity contribution in [1.82, 2.24) is 9.97 Å². The van der Waals surface area contributed by atoms with Crippen molar-refractivity contribution in [2.45, 2.75) is 33.6 Å². The topological polar surface area (TPSA) is 41.1 Å². The fraction of sp³-hybridized carbons (Fsp3) is 0.412. The van der Waals surface area contributed by atoms with Crippen LogP contribution >= 0.6 is 0 Å². The Hall–Kier alpha value is -2.10. The third kappa shape index (κ3) is 4.18. The normalized spacial score (nSPS) is 10.4. The predicted molar refractivity (Wildman–Crippen MR) is 89.3 cm³/mol. The van der Waals surface area contributed by atoms with Crippen molar-refractivity contribution in [3.8, 4) is 0 Å². The molecule has 2 rings (SSSR count). The first-order chi connectivity index (χ1) is 10.2. The highest BCUT2D eigenvalue weighted by molar-refractivity contribution is 5.61. The van der Waals surface area contributed by atoms with Gasteiger partial charge < -0.3 is 10.2 Å². The number of rotatable bonds is 7. The molecule has 0 unspecified atom stereocenters. The number of aromatic nitrogens is 2. The molecule has 112 valence electrons. The van der Waals surface area contributed by atoms with Gasteiger partial charge in [0.15, 0.2) is 0 Å². The molecule has 4 nitrogen and oxygen atoms in total. The number of hydrogen-bond donors (Lipinski definition) is 1. The van der Waals surface area contributed by atoms with Crippen molar-refractivity contribution in [3.63, 3.8) is 0 Å². The predicted octanol–water partition coefficient (Wildman–Crippen LogP) is 4.16. The Morgan fingerprint density at radius 1 is 1.19 bits per heavy atom. The zero-order valence-corrected chi connectivity index (χ0v) is 13.1. The summed E-state index contributed by atoms with van der Waals surface area (Å²) in [6, 6.07) is 10.4. The van der Waals surface area contributed by atoms with Crippen molar-refractivity contribution in [2.75, 3.05) is 23.3 Å². The van der Waals surface area contributed by atoms with Gasteiger partial charge in [-0.25, -0.2) is 4.98 Å². The molecule has 0 saturated heterocycles. The number of nitrogens with one attached hydrogen (secondary N) is 1. The Labute approximate surface area is 127 Å². The van der Waals surface area contributed by atoms with Gasteiger partial charge in [0.1, 0.15) is 5.82 Å². The Kier molecular flexibility index (Phi) is 5.55. The molecule has 0 bridgehead atoms. The van der Waals surface area contributed by atoms with Crippen LogP contribution in [0.1, 0.15) is 32.3 Å². The van der Waals surface area contributed by atoms with Gasteiger partial charge >= 0.3 is 0 Å². The van der Waals surface area contributed by atoms with Crippen LogP contribution in [0.2, 0.25) is 0 Å². The number of benzene rings is 1. The molecule has 0 atom stereocenters. The van der Waals surface area contributed by atoms with E-state index in [1.54, 1.807) is 0 Å². The zero-order chi connectivity index (χ0) is 15.1. The molecule has 21 heavy (non-hydrogen) atoms. The fourth-order valence-electron chi connectivity index (χ4n) is 2.23. The van der Waals surface area contributed by atoms with Gasteiger partial charge in [0.25, 0.3) is 0 Å². The minimum absolute atomic E-state index is 0.701. The molecular weight excluding hydrogens is 260 g/mol. The summed E-state index contributed by atoms with van der Waals surface area (Å²) >= 11 is 0. The van der Waals surface area contributed by atoms with Gasteiger partial charge in [0.2, 0.25) is 5.95 Å². The fourth-order valence-corrected chi connectivity index (χ4v) is 2.23. The molecule has 1 aromatic heterocycles. The smallest absolute Gasteiger partial charge is 0.224 e. The van der Waals surface area contributed by atoms with Crippen LogP contribution < -0.4 is 10.2 Å². The van der Waals surface area contributed by atoms with Crippen LogP contribution in [0.5, 0.6) is 0 Å². The molecule has 0 aliphatic rings. The molecular formula is C17H24N4. The third-order valence-electron chi connectivity index (χ3n) is 3.36. The van der Waals surface area contributed by atoms with Crippen molar-refractivity contribution in [2.24, 2.45) is 0 Å². The summed E-state index contributed by atoms with van der Waals surface area (Å²) in [6.45, 7) is 8.20. The summed E-state index contributed by atoms with van der Waals surface area (Å²) in [6.07, 6.45) is 4.11. The first-order valence-corrected chi connectivity index (χ1v) is 7.65. The maximum atomic E-state index is 4.63. The summed E-state index contributed by atoms with van der Waals surface area (Å²) in [5, 5.41) is 3.28. The summed E-state index contributed by atoms with van der Waals surface area (Å²) in [7, 11) is 0. The van der Waals surface area contributed by atoms with E-state index in [0.717, 1.165) is 37.4 Å². The van der Waals surface area contributed by atoms with Crippen LogP contribution in [0, 0.1) is 6.92 Å². The van der Waals surface area contributed by atoms with E-state index in [1.165, 1.54) is 5.56 Å². The Bertz CT molecular complexity index is 568.